The third kappa shape index (κ3) is 6.35. The zero-order valence-corrected chi connectivity index (χ0v) is 29.0. The Kier molecular flexibility index (Phi) is 8.15. The fourth-order valence-corrected chi connectivity index (χ4v) is 6.81. The van der Waals surface area contributed by atoms with Crippen molar-refractivity contribution in [2.45, 2.75) is 104 Å². The standard InChI is InChI=1S/C37H46N6O4/c1-23-14-15-26(24(2)18-23)30-19-28(27-12-10-11-13-29(27)38-30)33(44)41-20-25(16-17-36(41,6)7)42-21-31(39-40-42)32-22-46-37(8,9)43(32)34(45)47-35(3,4)5/h10-15,18-19,21,25,32H,16-17,20,22H2,1-9H3. The van der Waals surface area contributed by atoms with E-state index in [0.717, 1.165) is 40.6 Å². The van der Waals surface area contributed by atoms with Crippen LogP contribution in [-0.4, -0.2) is 71.8 Å². The van der Waals surface area contributed by atoms with Crippen molar-refractivity contribution in [3.05, 3.63) is 77.1 Å². The summed E-state index contributed by atoms with van der Waals surface area (Å²) >= 11 is 0. The third-order valence-electron chi connectivity index (χ3n) is 9.38. The Labute approximate surface area is 277 Å². The van der Waals surface area contributed by atoms with Gasteiger partial charge in [0.05, 0.1) is 35.6 Å². The molecule has 2 amide bonds. The first-order chi connectivity index (χ1) is 22.0. The van der Waals surface area contributed by atoms with Crippen molar-refractivity contribution in [1.29, 1.82) is 0 Å². The maximum atomic E-state index is 14.6. The number of aryl methyl sites for hydroxylation is 2. The summed E-state index contributed by atoms with van der Waals surface area (Å²) < 4.78 is 13.6. The number of carbonyl (C=O) groups excluding carboxylic acids is 2. The number of rotatable bonds is 4. The molecule has 2 aromatic carbocycles. The van der Waals surface area contributed by atoms with Crippen LogP contribution in [0.5, 0.6) is 0 Å². The topological polar surface area (TPSA) is 103 Å². The molecule has 2 aromatic heterocycles. The number of hydrogen-bond donors (Lipinski definition) is 0. The highest BCUT2D eigenvalue weighted by Crippen LogP contribution is 2.39. The van der Waals surface area contributed by atoms with E-state index >= 15 is 0 Å². The third-order valence-corrected chi connectivity index (χ3v) is 9.38. The average Bonchev–Trinajstić information content (AvgIpc) is 3.59. The molecule has 47 heavy (non-hydrogen) atoms. The predicted octanol–water partition coefficient (Wildman–Crippen LogP) is 7.41. The molecule has 2 saturated heterocycles. The van der Waals surface area contributed by atoms with Crippen LogP contribution in [-0.2, 0) is 9.47 Å². The van der Waals surface area contributed by atoms with E-state index < -0.39 is 23.5 Å². The van der Waals surface area contributed by atoms with Crippen molar-refractivity contribution in [1.82, 2.24) is 29.8 Å². The van der Waals surface area contributed by atoms with Gasteiger partial charge in [-0.15, -0.1) is 5.10 Å². The minimum Gasteiger partial charge on any atom is -0.444 e. The van der Waals surface area contributed by atoms with Gasteiger partial charge in [0.25, 0.3) is 5.91 Å². The van der Waals surface area contributed by atoms with Crippen LogP contribution < -0.4 is 0 Å². The minimum atomic E-state index is -0.863. The molecule has 2 aliphatic rings. The molecule has 4 heterocycles. The number of aromatic nitrogens is 4. The molecule has 4 aromatic rings. The summed E-state index contributed by atoms with van der Waals surface area (Å²) in [6.07, 6.45) is 3.04. The Balaban J connectivity index is 1.30. The number of benzene rings is 2. The Morgan fingerprint density at radius 2 is 1.77 bits per heavy atom. The van der Waals surface area contributed by atoms with E-state index in [0.29, 0.717) is 17.8 Å². The molecule has 0 saturated carbocycles. The summed E-state index contributed by atoms with van der Waals surface area (Å²) in [6.45, 7) is 18.4. The van der Waals surface area contributed by atoms with Crippen LogP contribution in [0.3, 0.4) is 0 Å². The highest BCUT2D eigenvalue weighted by molar-refractivity contribution is 6.07. The molecular formula is C37H46N6O4. The number of likely N-dealkylation sites (tertiary alicyclic amines) is 1. The quantitative estimate of drug-likeness (QED) is 0.229. The molecule has 10 heteroatoms. The molecule has 2 aliphatic heterocycles. The molecule has 6 rings (SSSR count). The summed E-state index contributed by atoms with van der Waals surface area (Å²) in [7, 11) is 0. The molecule has 2 fully saturated rings. The van der Waals surface area contributed by atoms with Gasteiger partial charge in [-0.1, -0.05) is 47.2 Å². The SMILES string of the molecule is Cc1ccc(-c2cc(C(=O)N3CC(n4cc(C5COC(C)(C)N5C(=O)OC(C)(C)C)nn4)CCC3(C)C)c3ccccc3n2)c(C)c1. The lowest BCUT2D eigenvalue weighted by molar-refractivity contribution is -0.0627. The minimum absolute atomic E-state index is 0.0355. The molecule has 0 bridgehead atoms. The van der Waals surface area contributed by atoms with Gasteiger partial charge in [-0.05, 0) is 92.9 Å². The molecule has 0 aliphatic carbocycles. The van der Waals surface area contributed by atoms with Gasteiger partial charge in [-0.3, -0.25) is 9.69 Å². The van der Waals surface area contributed by atoms with Crippen molar-refractivity contribution in [3.8, 4) is 11.3 Å². The number of amides is 2. The van der Waals surface area contributed by atoms with Crippen molar-refractivity contribution < 1.29 is 19.1 Å². The van der Waals surface area contributed by atoms with Crippen LogP contribution in [0.25, 0.3) is 22.2 Å². The molecule has 0 N–H and O–H groups in total. The van der Waals surface area contributed by atoms with Crippen molar-refractivity contribution in [2.75, 3.05) is 13.2 Å². The van der Waals surface area contributed by atoms with Crippen LogP contribution in [0.1, 0.15) is 101 Å². The molecule has 0 spiro atoms. The summed E-state index contributed by atoms with van der Waals surface area (Å²) in [4.78, 5) is 36.4. The van der Waals surface area contributed by atoms with Gasteiger partial charge >= 0.3 is 6.09 Å². The normalized spacial score (nSPS) is 20.9. The Bertz CT molecular complexity index is 1840. The zero-order valence-electron chi connectivity index (χ0n) is 29.0. The van der Waals surface area contributed by atoms with E-state index in [9.17, 15) is 9.59 Å². The van der Waals surface area contributed by atoms with Crippen LogP contribution in [0, 0.1) is 13.8 Å². The molecule has 2 unspecified atom stereocenters. The van der Waals surface area contributed by atoms with E-state index in [1.807, 2.05) is 80.7 Å². The number of ether oxygens (including phenoxy) is 2. The summed E-state index contributed by atoms with van der Waals surface area (Å²) in [5.41, 5.74) is 4.26. The van der Waals surface area contributed by atoms with Crippen LogP contribution in [0.15, 0.2) is 54.7 Å². The fourth-order valence-electron chi connectivity index (χ4n) is 6.81. The number of para-hydroxylation sites is 1. The van der Waals surface area contributed by atoms with E-state index in [2.05, 4.69) is 56.2 Å². The molecular weight excluding hydrogens is 592 g/mol. The lowest BCUT2D eigenvalue weighted by Crippen LogP contribution is -2.53. The van der Waals surface area contributed by atoms with Gasteiger partial charge in [0.1, 0.15) is 23.1 Å². The number of carbonyl (C=O) groups is 2. The van der Waals surface area contributed by atoms with Crippen LogP contribution in [0.4, 0.5) is 4.79 Å². The zero-order chi connectivity index (χ0) is 33.9. The summed E-state index contributed by atoms with van der Waals surface area (Å²) in [6, 6.07) is 15.6. The summed E-state index contributed by atoms with van der Waals surface area (Å²) in [5, 5.41) is 9.86. The molecule has 2 atom stereocenters. The Morgan fingerprint density at radius 1 is 1.02 bits per heavy atom. The Hall–Kier alpha value is -4.31. The van der Waals surface area contributed by atoms with Crippen molar-refractivity contribution in [3.63, 3.8) is 0 Å². The van der Waals surface area contributed by atoms with Gasteiger partial charge in [0.2, 0.25) is 0 Å². The van der Waals surface area contributed by atoms with E-state index in [4.69, 9.17) is 14.5 Å². The smallest absolute Gasteiger partial charge is 0.413 e. The lowest BCUT2D eigenvalue weighted by Gasteiger charge is -2.45. The molecule has 10 nitrogen and oxygen atoms in total. The first-order valence-electron chi connectivity index (χ1n) is 16.4. The fraction of sp³-hybridized carbons (Fsp3) is 0.486. The van der Waals surface area contributed by atoms with E-state index in [1.165, 1.54) is 5.56 Å². The Morgan fingerprint density at radius 3 is 2.49 bits per heavy atom. The van der Waals surface area contributed by atoms with Gasteiger partial charge < -0.3 is 14.4 Å². The lowest BCUT2D eigenvalue weighted by atomic mass is 9.87. The second-order valence-electron chi connectivity index (χ2n) is 15.1. The number of fused-ring (bicyclic) bond motifs is 1. The van der Waals surface area contributed by atoms with Crippen molar-refractivity contribution >= 4 is 22.9 Å². The van der Waals surface area contributed by atoms with E-state index in [1.54, 1.807) is 4.90 Å². The van der Waals surface area contributed by atoms with E-state index in [-0.39, 0.29) is 24.1 Å². The van der Waals surface area contributed by atoms with Gasteiger partial charge in [-0.25, -0.2) is 14.5 Å². The van der Waals surface area contributed by atoms with Crippen LogP contribution >= 0.6 is 0 Å². The number of nitrogens with zero attached hydrogens (tertiary/aromatic N) is 6. The second kappa shape index (κ2) is 11.7. The van der Waals surface area contributed by atoms with Gasteiger partial charge in [0.15, 0.2) is 0 Å². The average molecular weight is 639 g/mol. The maximum Gasteiger partial charge on any atom is 0.413 e. The largest absolute Gasteiger partial charge is 0.444 e. The highest BCUT2D eigenvalue weighted by Gasteiger charge is 2.48. The number of pyridine rings is 1. The molecule has 0 radical (unpaired) electrons. The summed E-state index contributed by atoms with van der Waals surface area (Å²) in [5.74, 6) is -0.0355. The number of piperidine rings is 1. The van der Waals surface area contributed by atoms with Crippen molar-refractivity contribution in [2.24, 2.45) is 0 Å². The number of hydrogen-bond acceptors (Lipinski definition) is 7. The second-order valence-corrected chi connectivity index (χ2v) is 15.1. The first kappa shape index (κ1) is 32.6. The van der Waals surface area contributed by atoms with Crippen LogP contribution in [0.2, 0.25) is 0 Å². The highest BCUT2D eigenvalue weighted by atomic mass is 16.6. The predicted molar refractivity (Wildman–Crippen MR) is 181 cm³/mol. The van der Waals surface area contributed by atoms with Gasteiger partial charge in [0, 0.05) is 23.0 Å². The van der Waals surface area contributed by atoms with Gasteiger partial charge in [-0.2, -0.15) is 0 Å². The molecule has 248 valence electrons. The first-order valence-corrected chi connectivity index (χ1v) is 16.4. The monoisotopic (exact) mass is 638 g/mol. The maximum absolute atomic E-state index is 14.6.